The van der Waals surface area contributed by atoms with E-state index in [1.165, 1.54) is 6.42 Å². The zero-order valence-corrected chi connectivity index (χ0v) is 9.74. The molecular formula is C12H20F3N. The molecule has 2 unspecified atom stereocenters. The molecule has 2 fully saturated rings. The number of nitrogens with one attached hydrogen (secondary N) is 1. The average molecular weight is 235 g/mol. The Morgan fingerprint density at radius 1 is 1.25 bits per heavy atom. The minimum absolute atomic E-state index is 0.0859. The second-order valence-electron chi connectivity index (χ2n) is 5.36. The van der Waals surface area contributed by atoms with Crippen LogP contribution >= 0.6 is 0 Å². The van der Waals surface area contributed by atoms with Gasteiger partial charge in [0.05, 0.1) is 0 Å². The monoisotopic (exact) mass is 235 g/mol. The SMILES string of the molecule is CCC1CCCC(NC2(C(F)(F)F)CC2)C1. The van der Waals surface area contributed by atoms with E-state index in [1.54, 1.807) is 0 Å². The van der Waals surface area contributed by atoms with Gasteiger partial charge < -0.3 is 5.32 Å². The van der Waals surface area contributed by atoms with E-state index in [4.69, 9.17) is 0 Å². The van der Waals surface area contributed by atoms with Crippen molar-refractivity contribution in [3.05, 3.63) is 0 Å². The molecule has 2 aliphatic carbocycles. The molecule has 4 heteroatoms. The second kappa shape index (κ2) is 4.21. The molecule has 0 saturated heterocycles. The van der Waals surface area contributed by atoms with Gasteiger partial charge in [-0.3, -0.25) is 0 Å². The highest BCUT2D eigenvalue weighted by Crippen LogP contribution is 2.50. The third-order valence-corrected chi connectivity index (χ3v) is 4.13. The average Bonchev–Trinajstić information content (AvgIpc) is 2.98. The molecule has 0 radical (unpaired) electrons. The lowest BCUT2D eigenvalue weighted by Gasteiger charge is -2.33. The first kappa shape index (κ1) is 12.2. The third kappa shape index (κ3) is 2.36. The molecule has 0 aromatic heterocycles. The minimum atomic E-state index is -4.06. The lowest BCUT2D eigenvalue weighted by molar-refractivity contribution is -0.168. The van der Waals surface area contributed by atoms with Crippen LogP contribution in [-0.4, -0.2) is 17.8 Å². The summed E-state index contributed by atoms with van der Waals surface area (Å²) < 4.78 is 38.3. The van der Waals surface area contributed by atoms with Crippen LogP contribution in [0.5, 0.6) is 0 Å². The van der Waals surface area contributed by atoms with Gasteiger partial charge in [0.15, 0.2) is 0 Å². The summed E-state index contributed by atoms with van der Waals surface area (Å²) in [5.41, 5.74) is -1.52. The molecule has 0 heterocycles. The van der Waals surface area contributed by atoms with E-state index in [0.29, 0.717) is 5.92 Å². The van der Waals surface area contributed by atoms with E-state index in [1.807, 2.05) is 0 Å². The van der Waals surface area contributed by atoms with Gasteiger partial charge >= 0.3 is 6.18 Å². The summed E-state index contributed by atoms with van der Waals surface area (Å²) in [5, 5.41) is 2.89. The summed E-state index contributed by atoms with van der Waals surface area (Å²) in [6, 6.07) is 0.0859. The van der Waals surface area contributed by atoms with Crippen molar-refractivity contribution in [3.8, 4) is 0 Å². The zero-order valence-electron chi connectivity index (χ0n) is 9.74. The Kier molecular flexibility index (Phi) is 3.21. The fourth-order valence-corrected chi connectivity index (χ4v) is 2.82. The van der Waals surface area contributed by atoms with Crippen LogP contribution in [0.15, 0.2) is 0 Å². The van der Waals surface area contributed by atoms with E-state index in [9.17, 15) is 13.2 Å². The van der Waals surface area contributed by atoms with Gasteiger partial charge in [0.1, 0.15) is 5.54 Å². The third-order valence-electron chi connectivity index (χ3n) is 4.13. The normalized spacial score (nSPS) is 33.8. The van der Waals surface area contributed by atoms with Gasteiger partial charge in [0, 0.05) is 6.04 Å². The summed E-state index contributed by atoms with van der Waals surface area (Å²) >= 11 is 0. The smallest absolute Gasteiger partial charge is 0.301 e. The van der Waals surface area contributed by atoms with Crippen molar-refractivity contribution in [2.45, 2.75) is 69.6 Å². The van der Waals surface area contributed by atoms with E-state index in [2.05, 4.69) is 12.2 Å². The molecule has 2 rings (SSSR count). The molecular weight excluding hydrogens is 215 g/mol. The highest BCUT2D eigenvalue weighted by atomic mass is 19.4. The maximum atomic E-state index is 12.8. The van der Waals surface area contributed by atoms with Gasteiger partial charge in [-0.25, -0.2) is 0 Å². The molecule has 0 bridgehead atoms. The number of rotatable bonds is 3. The molecule has 16 heavy (non-hydrogen) atoms. The number of alkyl halides is 3. The predicted octanol–water partition coefficient (Wildman–Crippen LogP) is 3.64. The van der Waals surface area contributed by atoms with E-state index >= 15 is 0 Å². The van der Waals surface area contributed by atoms with E-state index in [0.717, 1.165) is 25.7 Å². The number of halogens is 3. The Balaban J connectivity index is 1.90. The molecule has 0 spiro atoms. The summed E-state index contributed by atoms with van der Waals surface area (Å²) in [6.07, 6.45) is 1.66. The standard InChI is InChI=1S/C12H20F3N/c1-2-9-4-3-5-10(8-9)16-11(6-7-11)12(13,14)15/h9-10,16H,2-8H2,1H3. The van der Waals surface area contributed by atoms with E-state index < -0.39 is 11.7 Å². The Labute approximate surface area is 94.8 Å². The van der Waals surface area contributed by atoms with Crippen molar-refractivity contribution in [2.24, 2.45) is 5.92 Å². The summed E-state index contributed by atoms with van der Waals surface area (Å²) in [6.45, 7) is 2.13. The molecule has 2 atom stereocenters. The van der Waals surface area contributed by atoms with Gasteiger partial charge in [0.2, 0.25) is 0 Å². The molecule has 94 valence electrons. The lowest BCUT2D eigenvalue weighted by atomic mass is 9.84. The molecule has 0 aromatic carbocycles. The van der Waals surface area contributed by atoms with Gasteiger partial charge in [0.25, 0.3) is 0 Å². The first-order valence-electron chi connectivity index (χ1n) is 6.31. The van der Waals surface area contributed by atoms with Crippen LogP contribution in [-0.2, 0) is 0 Å². The zero-order chi connectivity index (χ0) is 11.8. The second-order valence-corrected chi connectivity index (χ2v) is 5.36. The first-order chi connectivity index (χ1) is 7.47. The van der Waals surface area contributed by atoms with Gasteiger partial charge in [-0.15, -0.1) is 0 Å². The van der Waals surface area contributed by atoms with Crippen molar-refractivity contribution in [1.82, 2.24) is 5.32 Å². The summed E-state index contributed by atoms with van der Waals surface area (Å²) in [5.74, 6) is 0.621. The van der Waals surface area contributed by atoms with Crippen LogP contribution in [0.3, 0.4) is 0 Å². The summed E-state index contributed by atoms with van der Waals surface area (Å²) in [7, 11) is 0. The Morgan fingerprint density at radius 3 is 2.44 bits per heavy atom. The summed E-state index contributed by atoms with van der Waals surface area (Å²) in [4.78, 5) is 0. The van der Waals surface area contributed by atoms with Crippen molar-refractivity contribution in [1.29, 1.82) is 0 Å². The van der Waals surface area contributed by atoms with Gasteiger partial charge in [-0.2, -0.15) is 13.2 Å². The van der Waals surface area contributed by atoms with Crippen LogP contribution in [0.25, 0.3) is 0 Å². The first-order valence-corrected chi connectivity index (χ1v) is 6.31. The molecule has 0 amide bonds. The molecule has 1 nitrogen and oxygen atoms in total. The van der Waals surface area contributed by atoms with Crippen molar-refractivity contribution in [3.63, 3.8) is 0 Å². The molecule has 0 aliphatic heterocycles. The Bertz CT molecular complexity index is 245. The van der Waals surface area contributed by atoms with Crippen LogP contribution in [0, 0.1) is 5.92 Å². The van der Waals surface area contributed by atoms with Gasteiger partial charge in [-0.05, 0) is 31.6 Å². The fraction of sp³-hybridized carbons (Fsp3) is 1.00. The Hall–Kier alpha value is -0.250. The molecule has 2 aliphatic rings. The quantitative estimate of drug-likeness (QED) is 0.787. The molecule has 0 aromatic rings. The highest BCUT2D eigenvalue weighted by molar-refractivity contribution is 5.09. The number of hydrogen-bond donors (Lipinski definition) is 1. The van der Waals surface area contributed by atoms with Crippen LogP contribution in [0.2, 0.25) is 0 Å². The van der Waals surface area contributed by atoms with Crippen molar-refractivity contribution < 1.29 is 13.2 Å². The molecule has 1 N–H and O–H groups in total. The van der Waals surface area contributed by atoms with Crippen LogP contribution < -0.4 is 5.32 Å². The largest absolute Gasteiger partial charge is 0.406 e. The van der Waals surface area contributed by atoms with E-state index in [-0.39, 0.29) is 18.9 Å². The van der Waals surface area contributed by atoms with Crippen LogP contribution in [0.4, 0.5) is 13.2 Å². The van der Waals surface area contributed by atoms with Crippen LogP contribution in [0.1, 0.15) is 51.9 Å². The maximum absolute atomic E-state index is 12.8. The number of hydrogen-bond acceptors (Lipinski definition) is 1. The highest BCUT2D eigenvalue weighted by Gasteiger charge is 2.63. The fourth-order valence-electron chi connectivity index (χ4n) is 2.82. The van der Waals surface area contributed by atoms with Crippen molar-refractivity contribution >= 4 is 0 Å². The van der Waals surface area contributed by atoms with Gasteiger partial charge in [-0.1, -0.05) is 26.2 Å². The topological polar surface area (TPSA) is 12.0 Å². The van der Waals surface area contributed by atoms with Crippen molar-refractivity contribution in [2.75, 3.05) is 0 Å². The Morgan fingerprint density at radius 2 is 1.94 bits per heavy atom. The lowest BCUT2D eigenvalue weighted by Crippen LogP contribution is -2.51. The predicted molar refractivity (Wildman–Crippen MR) is 57.2 cm³/mol. The minimum Gasteiger partial charge on any atom is -0.301 e. The molecule has 2 saturated carbocycles. The maximum Gasteiger partial charge on any atom is 0.406 e.